The van der Waals surface area contributed by atoms with Crippen LogP contribution in [-0.4, -0.2) is 32.5 Å². The average Bonchev–Trinajstić information content (AvgIpc) is 2.72. The number of nitro benzene ring substituents is 1. The summed E-state index contributed by atoms with van der Waals surface area (Å²) in [6, 6.07) is 15.0. The molecule has 2 aromatic rings. The highest BCUT2D eigenvalue weighted by Crippen LogP contribution is 2.31. The molecule has 1 aliphatic rings. The molecular formula is C21H26N2O5S. The maximum absolute atomic E-state index is 12.2. The third kappa shape index (κ3) is 5.55. The van der Waals surface area contributed by atoms with Crippen LogP contribution in [0.1, 0.15) is 32.6 Å². The minimum atomic E-state index is -3.73. The molecule has 29 heavy (non-hydrogen) atoms. The molecule has 3 rings (SSSR count). The normalized spacial score (nSPS) is 19.8. The van der Waals surface area contributed by atoms with Gasteiger partial charge in [-0.15, -0.1) is 0 Å². The second-order valence-electron chi connectivity index (χ2n) is 7.48. The van der Waals surface area contributed by atoms with Crippen LogP contribution in [0.4, 0.5) is 11.4 Å². The van der Waals surface area contributed by atoms with E-state index in [1.54, 1.807) is 30.3 Å². The fourth-order valence-corrected chi connectivity index (χ4v) is 4.74. The molecule has 0 aliphatic carbocycles. The summed E-state index contributed by atoms with van der Waals surface area (Å²) in [6.45, 7) is 3.24. The predicted octanol–water partition coefficient (Wildman–Crippen LogP) is 4.39. The van der Waals surface area contributed by atoms with Crippen molar-refractivity contribution in [2.24, 2.45) is 5.92 Å². The Hall–Kier alpha value is -2.45. The van der Waals surface area contributed by atoms with Crippen LogP contribution < -0.4 is 4.90 Å². The van der Waals surface area contributed by atoms with Crippen molar-refractivity contribution in [2.75, 3.05) is 18.1 Å². The molecule has 0 amide bonds. The zero-order chi connectivity index (χ0) is 20.9. The zero-order valence-electron chi connectivity index (χ0n) is 16.4. The van der Waals surface area contributed by atoms with E-state index >= 15 is 0 Å². The molecule has 2 unspecified atom stereocenters. The number of benzene rings is 2. The molecule has 156 valence electrons. The van der Waals surface area contributed by atoms with Gasteiger partial charge in [-0.1, -0.05) is 25.1 Å². The standard InChI is InChI=1S/C21H26N2O5S/c1-17-13-14-22(18-9-11-19(12-10-18)23(24)25)20(16-17)6-5-15-28-29(26,27)21-7-3-2-4-8-21/h2-4,7-12,17,20H,5-6,13-16H2,1H3. The molecule has 0 bridgehead atoms. The molecule has 1 heterocycles. The molecule has 8 heteroatoms. The first-order valence-corrected chi connectivity index (χ1v) is 11.2. The van der Waals surface area contributed by atoms with E-state index < -0.39 is 15.0 Å². The minimum Gasteiger partial charge on any atom is -0.369 e. The molecule has 0 aromatic heterocycles. The number of hydrogen-bond donors (Lipinski definition) is 0. The van der Waals surface area contributed by atoms with Gasteiger partial charge in [0.05, 0.1) is 16.4 Å². The van der Waals surface area contributed by atoms with Crippen molar-refractivity contribution in [3.63, 3.8) is 0 Å². The highest BCUT2D eigenvalue weighted by Gasteiger charge is 2.27. The molecule has 1 aliphatic heterocycles. The molecule has 1 saturated heterocycles. The summed E-state index contributed by atoms with van der Waals surface area (Å²) in [5.74, 6) is 0.586. The molecule has 1 fully saturated rings. The van der Waals surface area contributed by atoms with E-state index in [4.69, 9.17) is 4.18 Å². The van der Waals surface area contributed by atoms with Gasteiger partial charge in [0.1, 0.15) is 0 Å². The number of anilines is 1. The number of non-ortho nitro benzene ring substituents is 1. The number of hydrogen-bond acceptors (Lipinski definition) is 6. The van der Waals surface area contributed by atoms with Crippen molar-refractivity contribution in [2.45, 2.75) is 43.5 Å². The largest absolute Gasteiger partial charge is 0.369 e. The van der Waals surface area contributed by atoms with Crippen LogP contribution in [0.5, 0.6) is 0 Å². The van der Waals surface area contributed by atoms with Crippen LogP contribution in [0, 0.1) is 16.0 Å². The predicted molar refractivity (Wildman–Crippen MR) is 111 cm³/mol. The molecular weight excluding hydrogens is 392 g/mol. The molecule has 0 saturated carbocycles. The first-order chi connectivity index (χ1) is 13.9. The van der Waals surface area contributed by atoms with E-state index in [-0.39, 0.29) is 23.2 Å². The van der Waals surface area contributed by atoms with Gasteiger partial charge in [0.2, 0.25) is 0 Å². The minimum absolute atomic E-state index is 0.0789. The van der Waals surface area contributed by atoms with Crippen LogP contribution in [0.2, 0.25) is 0 Å². The van der Waals surface area contributed by atoms with Crippen LogP contribution >= 0.6 is 0 Å². The summed E-state index contributed by atoms with van der Waals surface area (Å²) in [5, 5.41) is 10.9. The molecule has 0 radical (unpaired) electrons. The Morgan fingerprint density at radius 2 is 1.83 bits per heavy atom. The maximum Gasteiger partial charge on any atom is 0.296 e. The van der Waals surface area contributed by atoms with Gasteiger partial charge in [-0.2, -0.15) is 8.42 Å². The first-order valence-electron chi connectivity index (χ1n) is 9.82. The number of nitro groups is 1. The van der Waals surface area contributed by atoms with Gasteiger partial charge in [-0.05, 0) is 55.9 Å². The zero-order valence-corrected chi connectivity index (χ0v) is 17.3. The number of rotatable bonds is 8. The van der Waals surface area contributed by atoms with E-state index in [2.05, 4.69) is 11.8 Å². The topological polar surface area (TPSA) is 89.8 Å². The highest BCUT2D eigenvalue weighted by molar-refractivity contribution is 7.86. The van der Waals surface area contributed by atoms with Crippen molar-refractivity contribution in [3.05, 3.63) is 64.7 Å². The smallest absolute Gasteiger partial charge is 0.296 e. The van der Waals surface area contributed by atoms with E-state index in [1.165, 1.54) is 24.3 Å². The Morgan fingerprint density at radius 3 is 2.48 bits per heavy atom. The maximum atomic E-state index is 12.2. The van der Waals surface area contributed by atoms with Gasteiger partial charge in [-0.3, -0.25) is 14.3 Å². The Bertz CT molecular complexity index is 916. The Balaban J connectivity index is 1.59. The van der Waals surface area contributed by atoms with Crippen LogP contribution in [0.3, 0.4) is 0 Å². The quantitative estimate of drug-likeness (QED) is 0.273. The SMILES string of the molecule is CC1CCN(c2ccc([N+](=O)[O-])cc2)C(CCCOS(=O)(=O)c2ccccc2)C1. The summed E-state index contributed by atoms with van der Waals surface area (Å²) in [6.07, 6.45) is 3.48. The van der Waals surface area contributed by atoms with Gasteiger partial charge in [-0.25, -0.2) is 0 Å². The third-order valence-corrected chi connectivity index (χ3v) is 6.65. The van der Waals surface area contributed by atoms with E-state index in [9.17, 15) is 18.5 Å². The Kier molecular flexibility index (Phi) is 6.87. The third-order valence-electron chi connectivity index (χ3n) is 5.32. The van der Waals surface area contributed by atoms with E-state index in [0.29, 0.717) is 12.3 Å². The lowest BCUT2D eigenvalue weighted by molar-refractivity contribution is -0.384. The highest BCUT2D eigenvalue weighted by atomic mass is 32.2. The molecule has 2 aromatic carbocycles. The van der Waals surface area contributed by atoms with Crippen LogP contribution in [0.15, 0.2) is 59.5 Å². The monoisotopic (exact) mass is 418 g/mol. The lowest BCUT2D eigenvalue weighted by atomic mass is 9.89. The summed E-state index contributed by atoms with van der Waals surface area (Å²) in [4.78, 5) is 12.9. The van der Waals surface area contributed by atoms with E-state index in [1.807, 2.05) is 0 Å². The van der Waals surface area contributed by atoms with Crippen molar-refractivity contribution >= 4 is 21.5 Å². The van der Waals surface area contributed by atoms with Gasteiger partial charge >= 0.3 is 0 Å². The van der Waals surface area contributed by atoms with Crippen molar-refractivity contribution in [1.82, 2.24) is 0 Å². The Labute approximate surface area is 171 Å². The van der Waals surface area contributed by atoms with Crippen molar-refractivity contribution in [3.8, 4) is 0 Å². The van der Waals surface area contributed by atoms with Crippen LogP contribution in [-0.2, 0) is 14.3 Å². The second kappa shape index (κ2) is 9.37. The summed E-state index contributed by atoms with van der Waals surface area (Å²) in [7, 11) is -3.73. The van der Waals surface area contributed by atoms with Gasteiger partial charge in [0.15, 0.2) is 0 Å². The molecule has 7 nitrogen and oxygen atoms in total. The molecule has 2 atom stereocenters. The van der Waals surface area contributed by atoms with Gasteiger partial charge in [0.25, 0.3) is 15.8 Å². The summed E-state index contributed by atoms with van der Waals surface area (Å²) in [5.41, 5.74) is 1.04. The second-order valence-corrected chi connectivity index (χ2v) is 9.10. The van der Waals surface area contributed by atoms with E-state index in [0.717, 1.165) is 31.5 Å². The fraction of sp³-hybridized carbons (Fsp3) is 0.429. The van der Waals surface area contributed by atoms with Gasteiger partial charge in [0, 0.05) is 30.4 Å². The van der Waals surface area contributed by atoms with Crippen molar-refractivity contribution in [1.29, 1.82) is 0 Å². The molecule has 0 spiro atoms. The summed E-state index contributed by atoms with van der Waals surface area (Å²) >= 11 is 0. The average molecular weight is 419 g/mol. The number of nitrogens with zero attached hydrogens (tertiary/aromatic N) is 2. The summed E-state index contributed by atoms with van der Waals surface area (Å²) < 4.78 is 29.6. The molecule has 0 N–H and O–H groups in total. The number of piperidine rings is 1. The van der Waals surface area contributed by atoms with Gasteiger partial charge < -0.3 is 4.90 Å². The lowest BCUT2D eigenvalue weighted by Crippen LogP contribution is -2.42. The fourth-order valence-electron chi connectivity index (χ4n) is 3.77. The first kappa shape index (κ1) is 21.3. The Morgan fingerprint density at radius 1 is 1.14 bits per heavy atom. The van der Waals surface area contributed by atoms with Crippen LogP contribution in [0.25, 0.3) is 0 Å². The van der Waals surface area contributed by atoms with Crippen molar-refractivity contribution < 1.29 is 17.5 Å². The lowest BCUT2D eigenvalue weighted by Gasteiger charge is -2.40.